The smallest absolute Gasteiger partial charge is 0.230 e. The van der Waals surface area contributed by atoms with Gasteiger partial charge in [0, 0.05) is 11.1 Å². The molecule has 0 fully saturated rings. The lowest BCUT2D eigenvalue weighted by molar-refractivity contribution is -0.118. The van der Waals surface area contributed by atoms with Crippen molar-refractivity contribution in [3.63, 3.8) is 0 Å². The van der Waals surface area contributed by atoms with Gasteiger partial charge in [0.05, 0.1) is 12.3 Å². The first kappa shape index (κ1) is 14.9. The van der Waals surface area contributed by atoms with Crippen LogP contribution in [0, 0.1) is 6.92 Å². The average molecular weight is 308 g/mol. The molecule has 1 aromatic carbocycles. The zero-order chi connectivity index (χ0) is 14.2. The maximum absolute atomic E-state index is 11.6. The predicted octanol–water partition coefficient (Wildman–Crippen LogP) is 2.74. The van der Waals surface area contributed by atoms with Gasteiger partial charge in [0.25, 0.3) is 0 Å². The van der Waals surface area contributed by atoms with Gasteiger partial charge in [0.15, 0.2) is 4.34 Å². The van der Waals surface area contributed by atoms with Crippen molar-refractivity contribution in [2.45, 2.75) is 11.3 Å². The summed E-state index contributed by atoms with van der Waals surface area (Å²) in [4.78, 5) is 15.9. The van der Waals surface area contributed by atoms with Gasteiger partial charge in [-0.05, 0) is 19.1 Å². The molecule has 2 aromatic rings. The summed E-state index contributed by atoms with van der Waals surface area (Å²) in [5.41, 5.74) is 0.995. The van der Waals surface area contributed by atoms with E-state index >= 15 is 0 Å². The third-order valence-corrected chi connectivity index (χ3v) is 4.50. The van der Waals surface area contributed by atoms with E-state index in [0.717, 1.165) is 15.8 Å². The predicted molar refractivity (Wildman–Crippen MR) is 82.5 cm³/mol. The molecule has 0 spiro atoms. The summed E-state index contributed by atoms with van der Waals surface area (Å²) in [7, 11) is 0. The number of rotatable bonds is 7. The fourth-order valence-corrected chi connectivity index (χ4v) is 3.13. The molecule has 0 bridgehead atoms. The normalized spacial score (nSPS) is 10.2. The van der Waals surface area contributed by atoms with Crippen molar-refractivity contribution < 1.29 is 9.53 Å². The Morgan fingerprint density at radius 3 is 2.90 bits per heavy atom. The second-order valence-electron chi connectivity index (χ2n) is 4.05. The standard InChI is InChI=1S/C14H16N2O2S2/c1-11-9-19-14(16-11)20-10-13(17)15-7-8-18-12-5-3-2-4-6-12/h2-6,9H,7-8,10H2,1H3,(H,15,17). The molecule has 1 aromatic heterocycles. The topological polar surface area (TPSA) is 51.2 Å². The highest BCUT2D eigenvalue weighted by atomic mass is 32.2. The highest BCUT2D eigenvalue weighted by molar-refractivity contribution is 8.01. The number of benzene rings is 1. The number of carbonyl (C=O) groups is 1. The van der Waals surface area contributed by atoms with E-state index in [4.69, 9.17) is 4.74 Å². The minimum atomic E-state index is -0.000449. The van der Waals surface area contributed by atoms with Crippen LogP contribution in [0.5, 0.6) is 5.75 Å². The average Bonchev–Trinajstić information content (AvgIpc) is 2.88. The van der Waals surface area contributed by atoms with Crippen molar-refractivity contribution in [2.24, 2.45) is 0 Å². The van der Waals surface area contributed by atoms with E-state index in [2.05, 4.69) is 10.3 Å². The zero-order valence-electron chi connectivity index (χ0n) is 11.2. The van der Waals surface area contributed by atoms with Gasteiger partial charge in [-0.15, -0.1) is 11.3 Å². The van der Waals surface area contributed by atoms with E-state index in [9.17, 15) is 4.79 Å². The number of hydrogen-bond acceptors (Lipinski definition) is 5. The maximum atomic E-state index is 11.6. The molecule has 20 heavy (non-hydrogen) atoms. The lowest BCUT2D eigenvalue weighted by atomic mass is 10.3. The number of thioether (sulfide) groups is 1. The summed E-state index contributed by atoms with van der Waals surface area (Å²) in [6.45, 7) is 2.92. The van der Waals surface area contributed by atoms with Crippen LogP contribution in [0.3, 0.4) is 0 Å². The van der Waals surface area contributed by atoms with Gasteiger partial charge in [-0.3, -0.25) is 4.79 Å². The number of carbonyl (C=O) groups excluding carboxylic acids is 1. The fourth-order valence-electron chi connectivity index (χ4n) is 1.45. The summed E-state index contributed by atoms with van der Waals surface area (Å²) in [5.74, 6) is 1.20. The van der Waals surface area contributed by atoms with Gasteiger partial charge in [0.2, 0.25) is 5.91 Å². The third kappa shape index (κ3) is 5.22. The Bertz CT molecular complexity index is 543. The number of hydrogen-bond donors (Lipinski definition) is 1. The molecule has 0 saturated carbocycles. The second-order valence-corrected chi connectivity index (χ2v) is 6.14. The van der Waals surface area contributed by atoms with Gasteiger partial charge >= 0.3 is 0 Å². The number of para-hydroxylation sites is 1. The lowest BCUT2D eigenvalue weighted by Gasteiger charge is -2.07. The molecule has 1 heterocycles. The lowest BCUT2D eigenvalue weighted by Crippen LogP contribution is -2.29. The van der Waals surface area contributed by atoms with Crippen LogP contribution in [-0.4, -0.2) is 29.8 Å². The Morgan fingerprint density at radius 1 is 1.40 bits per heavy atom. The minimum Gasteiger partial charge on any atom is -0.492 e. The van der Waals surface area contributed by atoms with Crippen LogP contribution < -0.4 is 10.1 Å². The summed E-state index contributed by atoms with van der Waals surface area (Å²) in [6.07, 6.45) is 0. The minimum absolute atomic E-state index is 0.000449. The van der Waals surface area contributed by atoms with E-state index in [1.807, 2.05) is 42.6 Å². The zero-order valence-corrected chi connectivity index (χ0v) is 12.8. The van der Waals surface area contributed by atoms with Gasteiger partial charge < -0.3 is 10.1 Å². The summed E-state index contributed by atoms with van der Waals surface area (Å²) < 4.78 is 6.42. The Kier molecular flexibility index (Phi) is 5.88. The molecule has 0 atom stereocenters. The number of nitrogens with zero attached hydrogens (tertiary/aromatic N) is 1. The van der Waals surface area contributed by atoms with E-state index in [1.165, 1.54) is 11.8 Å². The Morgan fingerprint density at radius 2 is 2.20 bits per heavy atom. The largest absolute Gasteiger partial charge is 0.492 e. The van der Waals surface area contributed by atoms with Gasteiger partial charge in [-0.2, -0.15) is 0 Å². The molecule has 0 aliphatic rings. The van der Waals surface area contributed by atoms with E-state index < -0.39 is 0 Å². The fraction of sp³-hybridized carbons (Fsp3) is 0.286. The van der Waals surface area contributed by atoms with Crippen LogP contribution >= 0.6 is 23.1 Å². The maximum Gasteiger partial charge on any atom is 0.230 e. The quantitative estimate of drug-likeness (QED) is 0.631. The van der Waals surface area contributed by atoms with Crippen LogP contribution in [0.4, 0.5) is 0 Å². The first-order chi connectivity index (χ1) is 9.74. The van der Waals surface area contributed by atoms with Crippen molar-refractivity contribution in [1.82, 2.24) is 10.3 Å². The number of thiazole rings is 1. The van der Waals surface area contributed by atoms with Crippen molar-refractivity contribution in [2.75, 3.05) is 18.9 Å². The third-order valence-electron chi connectivity index (χ3n) is 2.36. The van der Waals surface area contributed by atoms with Gasteiger partial charge in [-0.25, -0.2) is 4.98 Å². The molecular weight excluding hydrogens is 292 g/mol. The molecule has 4 nitrogen and oxygen atoms in total. The van der Waals surface area contributed by atoms with Crippen molar-refractivity contribution in [1.29, 1.82) is 0 Å². The molecule has 2 rings (SSSR count). The molecular formula is C14H16N2O2S2. The van der Waals surface area contributed by atoms with Gasteiger partial charge in [0.1, 0.15) is 12.4 Å². The van der Waals surface area contributed by atoms with Crippen molar-refractivity contribution >= 4 is 29.0 Å². The molecule has 0 aliphatic heterocycles. The molecule has 6 heteroatoms. The Balaban J connectivity index is 1.58. The molecule has 0 aliphatic carbocycles. The number of nitrogens with one attached hydrogen (secondary N) is 1. The molecule has 106 valence electrons. The van der Waals surface area contributed by atoms with Crippen LogP contribution in [0.2, 0.25) is 0 Å². The van der Waals surface area contributed by atoms with Gasteiger partial charge in [-0.1, -0.05) is 30.0 Å². The van der Waals surface area contributed by atoms with Crippen molar-refractivity contribution in [3.05, 3.63) is 41.4 Å². The van der Waals surface area contributed by atoms with E-state index in [0.29, 0.717) is 18.9 Å². The Labute approximate surface area is 126 Å². The molecule has 0 unspecified atom stereocenters. The molecule has 0 saturated heterocycles. The SMILES string of the molecule is Cc1csc(SCC(=O)NCCOc2ccccc2)n1. The molecule has 0 radical (unpaired) electrons. The van der Waals surface area contributed by atoms with Crippen LogP contribution in [0.25, 0.3) is 0 Å². The summed E-state index contributed by atoms with van der Waals surface area (Å²) in [5, 5.41) is 4.80. The summed E-state index contributed by atoms with van der Waals surface area (Å²) >= 11 is 3.02. The van der Waals surface area contributed by atoms with Crippen LogP contribution in [0.15, 0.2) is 40.1 Å². The molecule has 1 N–H and O–H groups in total. The first-order valence-electron chi connectivity index (χ1n) is 6.23. The van der Waals surface area contributed by atoms with Crippen LogP contribution in [-0.2, 0) is 4.79 Å². The van der Waals surface area contributed by atoms with Crippen molar-refractivity contribution in [3.8, 4) is 5.75 Å². The molecule has 1 amide bonds. The summed E-state index contributed by atoms with van der Waals surface area (Å²) in [6, 6.07) is 9.55. The number of ether oxygens (including phenoxy) is 1. The number of aryl methyl sites for hydroxylation is 1. The number of amides is 1. The van der Waals surface area contributed by atoms with E-state index in [-0.39, 0.29) is 5.91 Å². The monoisotopic (exact) mass is 308 g/mol. The highest BCUT2D eigenvalue weighted by Gasteiger charge is 2.05. The van der Waals surface area contributed by atoms with E-state index in [1.54, 1.807) is 11.3 Å². The Hall–Kier alpha value is -1.53. The second kappa shape index (κ2) is 7.91. The van der Waals surface area contributed by atoms with Crippen LogP contribution in [0.1, 0.15) is 5.69 Å². The first-order valence-corrected chi connectivity index (χ1v) is 8.10. The number of aromatic nitrogens is 1. The highest BCUT2D eigenvalue weighted by Crippen LogP contribution is 2.21.